The molecule has 0 fully saturated rings. The van der Waals surface area contributed by atoms with Crippen molar-refractivity contribution in [3.05, 3.63) is 53.1 Å². The number of alkyl halides is 2. The summed E-state index contributed by atoms with van der Waals surface area (Å²) in [6.07, 6.45) is 0.0542. The quantitative estimate of drug-likeness (QED) is 0.505. The molecule has 2 amide bonds. The van der Waals surface area contributed by atoms with Crippen LogP contribution in [0.4, 0.5) is 13.9 Å². The Morgan fingerprint density at radius 3 is 2.75 bits per heavy atom. The minimum Gasteiger partial charge on any atom is -0.351 e. The second-order valence-electron chi connectivity index (χ2n) is 5.56. The van der Waals surface area contributed by atoms with Crippen molar-refractivity contribution in [3.8, 4) is 0 Å². The monoisotopic (exact) mass is 441 g/mol. The average molecular weight is 442 g/mol. The molecule has 0 unspecified atom stereocenters. The molecule has 0 aliphatic rings. The molecule has 0 spiro atoms. The average Bonchev–Trinajstić information content (AvgIpc) is 3.02. The van der Waals surface area contributed by atoms with Crippen LogP contribution < -0.4 is 10.6 Å². The molecule has 0 aliphatic carbocycles. The number of thioether (sulfide) groups is 1. The number of carbonyl (C=O) groups is 2. The van der Waals surface area contributed by atoms with Gasteiger partial charge >= 0.3 is 0 Å². The first-order valence-corrected chi connectivity index (χ1v) is 10.2. The lowest BCUT2D eigenvalue weighted by atomic mass is 10.2. The maximum atomic E-state index is 12.5. The molecule has 0 aliphatic heterocycles. The van der Waals surface area contributed by atoms with Crippen LogP contribution >= 0.6 is 34.7 Å². The van der Waals surface area contributed by atoms with E-state index in [9.17, 15) is 18.4 Å². The molecule has 2 aromatic carbocycles. The summed E-state index contributed by atoms with van der Waals surface area (Å²) in [5, 5.41) is 5.99. The fourth-order valence-electron chi connectivity index (χ4n) is 2.35. The molecule has 0 saturated carbocycles. The topological polar surface area (TPSA) is 71.1 Å². The highest BCUT2D eigenvalue weighted by molar-refractivity contribution is 7.99. The summed E-state index contributed by atoms with van der Waals surface area (Å²) in [4.78, 5) is 28.8. The van der Waals surface area contributed by atoms with Crippen LogP contribution in [0.25, 0.3) is 10.2 Å². The summed E-state index contributed by atoms with van der Waals surface area (Å²) < 4.78 is 25.6. The molecule has 28 heavy (non-hydrogen) atoms. The van der Waals surface area contributed by atoms with Crippen molar-refractivity contribution in [2.45, 2.75) is 17.1 Å². The largest absolute Gasteiger partial charge is 0.351 e. The van der Waals surface area contributed by atoms with Crippen molar-refractivity contribution in [2.75, 3.05) is 11.9 Å². The van der Waals surface area contributed by atoms with Gasteiger partial charge in [0.1, 0.15) is 0 Å². The highest BCUT2D eigenvalue weighted by Gasteiger charge is 2.12. The van der Waals surface area contributed by atoms with Crippen LogP contribution in [0.15, 0.2) is 47.4 Å². The van der Waals surface area contributed by atoms with Crippen LogP contribution in [0.2, 0.25) is 5.02 Å². The summed E-state index contributed by atoms with van der Waals surface area (Å²) in [7, 11) is 0. The number of carbonyl (C=O) groups excluding carboxylic acids is 2. The number of aromatic nitrogens is 1. The number of rotatable bonds is 7. The number of hydrogen-bond donors (Lipinski definition) is 2. The number of nitrogens with one attached hydrogen (secondary N) is 2. The van der Waals surface area contributed by atoms with Crippen molar-refractivity contribution in [1.29, 1.82) is 0 Å². The van der Waals surface area contributed by atoms with Gasteiger partial charge in [0, 0.05) is 17.9 Å². The molecule has 146 valence electrons. The van der Waals surface area contributed by atoms with Crippen LogP contribution in [0, 0.1) is 0 Å². The van der Waals surface area contributed by atoms with Gasteiger partial charge in [-0.1, -0.05) is 46.8 Å². The Morgan fingerprint density at radius 1 is 1.21 bits per heavy atom. The van der Waals surface area contributed by atoms with E-state index >= 15 is 0 Å². The molecule has 1 heterocycles. The fraction of sp³-hybridized carbons (Fsp3) is 0.167. The van der Waals surface area contributed by atoms with Gasteiger partial charge in [-0.2, -0.15) is 8.78 Å². The third-order valence-corrected chi connectivity index (χ3v) is 5.55. The Morgan fingerprint density at radius 2 is 2.00 bits per heavy atom. The normalized spacial score (nSPS) is 11.0. The summed E-state index contributed by atoms with van der Waals surface area (Å²) in [5.74, 6) is -3.17. The number of benzene rings is 2. The molecule has 10 heteroatoms. The molecular formula is C18H14ClF2N3O2S2. The Hall–Kier alpha value is -2.23. The predicted octanol–water partition coefficient (Wildman–Crippen LogP) is 5.02. The van der Waals surface area contributed by atoms with E-state index in [0.717, 1.165) is 0 Å². The molecule has 5 nitrogen and oxygen atoms in total. The van der Waals surface area contributed by atoms with Crippen molar-refractivity contribution < 1.29 is 18.4 Å². The van der Waals surface area contributed by atoms with E-state index in [1.54, 1.807) is 42.5 Å². The molecule has 3 rings (SSSR count). The zero-order valence-corrected chi connectivity index (χ0v) is 16.6. The third kappa shape index (κ3) is 5.40. The number of fused-ring (bicyclic) bond motifs is 1. The van der Waals surface area contributed by atoms with Gasteiger partial charge in [-0.15, -0.1) is 0 Å². The molecule has 0 radical (unpaired) electrons. The second kappa shape index (κ2) is 9.31. The summed E-state index contributed by atoms with van der Waals surface area (Å²) >= 11 is 7.61. The number of thiazole rings is 1. The van der Waals surface area contributed by atoms with Gasteiger partial charge in [-0.05, 0) is 30.3 Å². The predicted molar refractivity (Wildman–Crippen MR) is 109 cm³/mol. The van der Waals surface area contributed by atoms with Gasteiger partial charge in [0.2, 0.25) is 5.91 Å². The van der Waals surface area contributed by atoms with Crippen molar-refractivity contribution >= 4 is 61.9 Å². The number of halogens is 3. The van der Waals surface area contributed by atoms with E-state index in [-0.39, 0.29) is 24.8 Å². The Labute approximate surface area is 172 Å². The number of nitrogens with zero attached hydrogens (tertiary/aromatic N) is 1. The first kappa shape index (κ1) is 20.5. The zero-order valence-electron chi connectivity index (χ0n) is 14.2. The van der Waals surface area contributed by atoms with Crippen LogP contribution in [-0.4, -0.2) is 29.1 Å². The van der Waals surface area contributed by atoms with E-state index in [1.807, 2.05) is 0 Å². The van der Waals surface area contributed by atoms with Gasteiger partial charge in [-0.25, -0.2) is 4.98 Å². The van der Waals surface area contributed by atoms with Crippen molar-refractivity contribution in [1.82, 2.24) is 10.3 Å². The Balaban J connectivity index is 1.53. The zero-order chi connectivity index (χ0) is 20.1. The van der Waals surface area contributed by atoms with Crippen LogP contribution in [0.1, 0.15) is 16.8 Å². The molecule has 3 aromatic rings. The van der Waals surface area contributed by atoms with E-state index < -0.39 is 5.76 Å². The maximum Gasteiger partial charge on any atom is 0.288 e. The standard InChI is InChI=1S/C18H14ClF2N3O2S2/c19-12-4-2-1-3-11(12)16(26)22-8-7-15(25)24-18-23-13-6-5-10(27-17(20)21)9-14(13)28-18/h1-6,9,17H,7-8H2,(H,22,26)(H,23,24,25). The number of hydrogen-bond acceptors (Lipinski definition) is 5. The van der Waals surface area contributed by atoms with Crippen LogP contribution in [0.5, 0.6) is 0 Å². The van der Waals surface area contributed by atoms with Crippen LogP contribution in [0.3, 0.4) is 0 Å². The highest BCUT2D eigenvalue weighted by atomic mass is 35.5. The molecule has 0 saturated heterocycles. The fourth-order valence-corrected chi connectivity index (χ4v) is 4.10. The lowest BCUT2D eigenvalue weighted by Gasteiger charge is -2.06. The van der Waals surface area contributed by atoms with Gasteiger partial charge < -0.3 is 10.6 Å². The highest BCUT2D eigenvalue weighted by Crippen LogP contribution is 2.32. The molecular weight excluding hydrogens is 428 g/mol. The van der Waals surface area contributed by atoms with E-state index in [1.165, 1.54) is 11.3 Å². The number of amides is 2. The van der Waals surface area contributed by atoms with Gasteiger partial charge in [0.25, 0.3) is 11.7 Å². The molecule has 1 aromatic heterocycles. The lowest BCUT2D eigenvalue weighted by molar-refractivity contribution is -0.116. The summed E-state index contributed by atoms with van der Waals surface area (Å²) in [5.41, 5.74) is 0.958. The van der Waals surface area contributed by atoms with Crippen molar-refractivity contribution in [2.24, 2.45) is 0 Å². The van der Waals surface area contributed by atoms with E-state index in [2.05, 4.69) is 15.6 Å². The minimum atomic E-state index is -2.49. The Bertz CT molecular complexity index is 1010. The van der Waals surface area contributed by atoms with Gasteiger partial charge in [-0.3, -0.25) is 9.59 Å². The molecule has 0 atom stereocenters. The Kier molecular flexibility index (Phi) is 6.82. The first-order valence-electron chi connectivity index (χ1n) is 8.10. The summed E-state index contributed by atoms with van der Waals surface area (Å²) in [6.45, 7) is 0.135. The minimum absolute atomic E-state index is 0.0542. The second-order valence-corrected chi connectivity index (χ2v) is 8.06. The van der Waals surface area contributed by atoms with Crippen molar-refractivity contribution in [3.63, 3.8) is 0 Å². The van der Waals surface area contributed by atoms with E-state index in [0.29, 0.717) is 42.6 Å². The third-order valence-electron chi connectivity index (χ3n) is 3.59. The lowest BCUT2D eigenvalue weighted by Crippen LogP contribution is -2.27. The summed E-state index contributed by atoms with van der Waals surface area (Å²) in [6, 6.07) is 11.4. The van der Waals surface area contributed by atoms with Gasteiger partial charge in [0.05, 0.1) is 20.8 Å². The smallest absolute Gasteiger partial charge is 0.288 e. The SMILES string of the molecule is O=C(CCNC(=O)c1ccccc1Cl)Nc1nc2ccc(SC(F)F)cc2s1. The molecule has 0 bridgehead atoms. The van der Waals surface area contributed by atoms with E-state index in [4.69, 9.17) is 11.6 Å². The molecule has 2 N–H and O–H groups in total. The number of anilines is 1. The van der Waals surface area contributed by atoms with Gasteiger partial charge in [0.15, 0.2) is 5.13 Å². The first-order chi connectivity index (χ1) is 13.4. The van der Waals surface area contributed by atoms with Crippen LogP contribution in [-0.2, 0) is 4.79 Å². The maximum absolute atomic E-state index is 12.5.